The molecule has 30 heavy (non-hydrogen) atoms. The molecule has 10 heteroatoms. The summed E-state index contributed by atoms with van der Waals surface area (Å²) in [7, 11) is -1.83. The van der Waals surface area contributed by atoms with E-state index in [1.165, 1.54) is 16.4 Å². The number of hydrogen-bond donors (Lipinski definition) is 1. The Morgan fingerprint density at radius 2 is 1.80 bits per heavy atom. The second kappa shape index (κ2) is 7.92. The summed E-state index contributed by atoms with van der Waals surface area (Å²) in [5.41, 5.74) is 2.38. The molecule has 1 aromatic carbocycles. The van der Waals surface area contributed by atoms with Gasteiger partial charge in [0.25, 0.3) is 0 Å². The lowest BCUT2D eigenvalue weighted by Crippen LogP contribution is -2.41. The fraction of sp³-hybridized carbons (Fsp3) is 0.500. The standard InChI is InChI=1S/C20H26N4O5S/c1-13-19(14(2)23(3)22-13)21-20(25)15-6-8-24(9-7-15)30(26,27)16-4-5-17-18(12-16)29-11-10-28-17/h4-5,12,15H,6-11H2,1-3H3,(H,21,25). The van der Waals surface area contributed by atoms with E-state index in [1.54, 1.807) is 10.7 Å². The monoisotopic (exact) mass is 434 g/mol. The predicted octanol–water partition coefficient (Wildman–Crippen LogP) is 1.85. The van der Waals surface area contributed by atoms with Crippen LogP contribution in [0.2, 0.25) is 0 Å². The van der Waals surface area contributed by atoms with Gasteiger partial charge in [0, 0.05) is 32.1 Å². The van der Waals surface area contributed by atoms with Crippen LogP contribution >= 0.6 is 0 Å². The molecule has 1 fully saturated rings. The number of anilines is 1. The second-order valence-electron chi connectivity index (χ2n) is 7.64. The predicted molar refractivity (Wildman–Crippen MR) is 110 cm³/mol. The Morgan fingerprint density at radius 1 is 1.13 bits per heavy atom. The van der Waals surface area contributed by atoms with Gasteiger partial charge in [-0.15, -0.1) is 0 Å². The molecule has 1 aromatic heterocycles. The molecular weight excluding hydrogens is 408 g/mol. The molecule has 0 saturated carbocycles. The Balaban J connectivity index is 1.42. The third-order valence-electron chi connectivity index (χ3n) is 5.73. The average molecular weight is 435 g/mol. The number of aromatic nitrogens is 2. The van der Waals surface area contributed by atoms with Gasteiger partial charge in [-0.3, -0.25) is 9.48 Å². The largest absolute Gasteiger partial charge is 0.486 e. The van der Waals surface area contributed by atoms with Crippen molar-refractivity contribution in [3.8, 4) is 11.5 Å². The van der Waals surface area contributed by atoms with Crippen molar-refractivity contribution in [1.82, 2.24) is 14.1 Å². The molecule has 3 heterocycles. The van der Waals surface area contributed by atoms with Crippen LogP contribution in [-0.2, 0) is 21.9 Å². The first-order valence-electron chi connectivity index (χ1n) is 9.98. The Bertz CT molecular complexity index is 1070. The molecular formula is C20H26N4O5S. The van der Waals surface area contributed by atoms with Gasteiger partial charge in [-0.25, -0.2) is 8.42 Å². The Kier molecular flexibility index (Phi) is 5.46. The van der Waals surface area contributed by atoms with Gasteiger partial charge in [0.1, 0.15) is 13.2 Å². The normalized spacial score (nSPS) is 17.7. The third kappa shape index (κ3) is 3.77. The molecule has 0 bridgehead atoms. The lowest BCUT2D eigenvalue weighted by Gasteiger charge is -2.31. The van der Waals surface area contributed by atoms with E-state index in [0.29, 0.717) is 50.6 Å². The summed E-state index contributed by atoms with van der Waals surface area (Å²) in [5.74, 6) is 0.664. The van der Waals surface area contributed by atoms with E-state index in [9.17, 15) is 13.2 Å². The minimum Gasteiger partial charge on any atom is -0.486 e. The summed E-state index contributed by atoms with van der Waals surface area (Å²) in [6.07, 6.45) is 0.932. The van der Waals surface area contributed by atoms with Gasteiger partial charge in [0.2, 0.25) is 15.9 Å². The maximum atomic E-state index is 13.1. The molecule has 0 aliphatic carbocycles. The lowest BCUT2D eigenvalue weighted by atomic mass is 9.97. The lowest BCUT2D eigenvalue weighted by molar-refractivity contribution is -0.120. The van der Waals surface area contributed by atoms with Gasteiger partial charge in [0.05, 0.1) is 22.0 Å². The highest BCUT2D eigenvalue weighted by Crippen LogP contribution is 2.34. The van der Waals surface area contributed by atoms with E-state index in [2.05, 4.69) is 10.4 Å². The molecule has 1 amide bonds. The van der Waals surface area contributed by atoms with Crippen molar-refractivity contribution >= 4 is 21.6 Å². The first-order chi connectivity index (χ1) is 14.3. The molecule has 0 unspecified atom stereocenters. The van der Waals surface area contributed by atoms with Crippen LogP contribution in [0.3, 0.4) is 0 Å². The summed E-state index contributed by atoms with van der Waals surface area (Å²) in [6, 6.07) is 4.67. The average Bonchev–Trinajstić information content (AvgIpc) is 2.99. The number of sulfonamides is 1. The summed E-state index contributed by atoms with van der Waals surface area (Å²) in [5, 5.41) is 7.28. The van der Waals surface area contributed by atoms with Gasteiger partial charge in [0.15, 0.2) is 11.5 Å². The Morgan fingerprint density at radius 3 is 2.43 bits per heavy atom. The summed E-state index contributed by atoms with van der Waals surface area (Å²) < 4.78 is 40.2. The fourth-order valence-electron chi connectivity index (χ4n) is 3.87. The zero-order valence-electron chi connectivity index (χ0n) is 17.3. The number of nitrogens with zero attached hydrogens (tertiary/aromatic N) is 3. The van der Waals surface area contributed by atoms with Crippen LogP contribution in [0.4, 0.5) is 5.69 Å². The van der Waals surface area contributed by atoms with Gasteiger partial charge in [-0.1, -0.05) is 0 Å². The number of carbonyl (C=O) groups is 1. The smallest absolute Gasteiger partial charge is 0.243 e. The summed E-state index contributed by atoms with van der Waals surface area (Å²) in [6.45, 7) is 5.18. The van der Waals surface area contributed by atoms with Crippen molar-refractivity contribution in [2.24, 2.45) is 13.0 Å². The molecule has 2 aromatic rings. The van der Waals surface area contributed by atoms with E-state index in [-0.39, 0.29) is 16.7 Å². The van der Waals surface area contributed by atoms with Crippen molar-refractivity contribution in [2.75, 3.05) is 31.6 Å². The van der Waals surface area contributed by atoms with Gasteiger partial charge < -0.3 is 14.8 Å². The number of ether oxygens (including phenoxy) is 2. The number of rotatable bonds is 4. The SMILES string of the molecule is Cc1nn(C)c(C)c1NC(=O)C1CCN(S(=O)(=O)c2ccc3c(c2)OCCO3)CC1. The molecule has 0 spiro atoms. The minimum atomic E-state index is -3.66. The van der Waals surface area contributed by atoms with Crippen LogP contribution in [-0.4, -0.2) is 54.7 Å². The van der Waals surface area contributed by atoms with Crippen molar-refractivity contribution in [3.05, 3.63) is 29.6 Å². The highest BCUT2D eigenvalue weighted by atomic mass is 32.2. The van der Waals surface area contributed by atoms with Crippen molar-refractivity contribution < 1.29 is 22.7 Å². The Hall–Kier alpha value is -2.59. The molecule has 162 valence electrons. The number of fused-ring (bicyclic) bond motifs is 1. The topological polar surface area (TPSA) is 103 Å². The van der Waals surface area contributed by atoms with E-state index in [4.69, 9.17) is 9.47 Å². The highest BCUT2D eigenvalue weighted by Gasteiger charge is 2.33. The molecule has 9 nitrogen and oxygen atoms in total. The van der Waals surface area contributed by atoms with E-state index >= 15 is 0 Å². The zero-order chi connectivity index (χ0) is 21.5. The first kappa shape index (κ1) is 20.7. The third-order valence-corrected chi connectivity index (χ3v) is 7.63. The van der Waals surface area contributed by atoms with Crippen molar-refractivity contribution in [2.45, 2.75) is 31.6 Å². The van der Waals surface area contributed by atoms with Crippen molar-refractivity contribution in [3.63, 3.8) is 0 Å². The first-order valence-corrected chi connectivity index (χ1v) is 11.4. The molecule has 4 rings (SSSR count). The van der Waals surface area contributed by atoms with E-state index in [0.717, 1.165) is 17.1 Å². The number of amides is 1. The van der Waals surface area contributed by atoms with Gasteiger partial charge in [-0.05, 0) is 38.8 Å². The zero-order valence-corrected chi connectivity index (χ0v) is 18.2. The maximum Gasteiger partial charge on any atom is 0.243 e. The van der Waals surface area contributed by atoms with Crippen LogP contribution in [0.25, 0.3) is 0 Å². The van der Waals surface area contributed by atoms with E-state index in [1.807, 2.05) is 20.9 Å². The Labute approximate surface area is 176 Å². The molecule has 0 atom stereocenters. The van der Waals surface area contributed by atoms with Gasteiger partial charge >= 0.3 is 0 Å². The van der Waals surface area contributed by atoms with Crippen LogP contribution in [0, 0.1) is 19.8 Å². The number of carbonyl (C=O) groups excluding carboxylic acids is 1. The summed E-state index contributed by atoms with van der Waals surface area (Å²) >= 11 is 0. The van der Waals surface area contributed by atoms with Crippen molar-refractivity contribution in [1.29, 1.82) is 0 Å². The molecule has 0 radical (unpaired) electrons. The highest BCUT2D eigenvalue weighted by molar-refractivity contribution is 7.89. The fourth-order valence-corrected chi connectivity index (χ4v) is 5.36. The number of piperidine rings is 1. The minimum absolute atomic E-state index is 0.0921. The van der Waals surface area contributed by atoms with Crippen LogP contribution in [0.5, 0.6) is 11.5 Å². The van der Waals surface area contributed by atoms with E-state index < -0.39 is 10.0 Å². The molecule has 1 saturated heterocycles. The number of benzene rings is 1. The molecule has 2 aliphatic rings. The number of hydrogen-bond acceptors (Lipinski definition) is 6. The van der Waals surface area contributed by atoms with Crippen LogP contribution < -0.4 is 14.8 Å². The van der Waals surface area contributed by atoms with Crippen LogP contribution in [0.15, 0.2) is 23.1 Å². The van der Waals surface area contributed by atoms with Gasteiger partial charge in [-0.2, -0.15) is 9.40 Å². The molecule has 2 aliphatic heterocycles. The second-order valence-corrected chi connectivity index (χ2v) is 9.58. The van der Waals surface area contributed by atoms with Crippen LogP contribution in [0.1, 0.15) is 24.2 Å². The number of aryl methyl sites for hydroxylation is 2. The number of nitrogens with one attached hydrogen (secondary N) is 1. The maximum absolute atomic E-state index is 13.1. The summed E-state index contributed by atoms with van der Waals surface area (Å²) in [4.78, 5) is 12.9. The molecule has 1 N–H and O–H groups in total. The quantitative estimate of drug-likeness (QED) is 0.788.